The van der Waals surface area contributed by atoms with Crippen LogP contribution in [0.5, 0.6) is 5.75 Å². The molecule has 2 N–H and O–H groups in total. The van der Waals surface area contributed by atoms with Crippen molar-refractivity contribution < 1.29 is 23.8 Å². The molecule has 4 aromatic rings. The molecule has 35 heavy (non-hydrogen) atoms. The van der Waals surface area contributed by atoms with Gasteiger partial charge in [0.05, 0.1) is 12.3 Å². The summed E-state index contributed by atoms with van der Waals surface area (Å²) in [7, 11) is 0. The van der Waals surface area contributed by atoms with Crippen LogP contribution >= 0.6 is 11.3 Å². The van der Waals surface area contributed by atoms with Crippen molar-refractivity contribution in [2.75, 3.05) is 11.9 Å². The molecule has 1 aliphatic rings. The number of hydrogen-bond acceptors (Lipinski definition) is 4. The number of benzene rings is 3. The van der Waals surface area contributed by atoms with Crippen molar-refractivity contribution in [3.05, 3.63) is 106 Å². The number of ether oxygens (including phenoxy) is 1. The van der Waals surface area contributed by atoms with Crippen LogP contribution in [-0.4, -0.2) is 23.6 Å². The molecule has 1 unspecified atom stereocenters. The molecule has 1 amide bonds. The third-order valence-electron chi connectivity index (χ3n) is 6.02. The maximum absolute atomic E-state index is 13.5. The monoisotopic (exact) mass is 487 g/mol. The molecule has 0 saturated carbocycles. The number of halogens is 1. The van der Waals surface area contributed by atoms with Gasteiger partial charge in [-0.05, 0) is 41.0 Å². The van der Waals surface area contributed by atoms with Gasteiger partial charge in [-0.3, -0.25) is 4.79 Å². The smallest absolute Gasteiger partial charge is 0.346 e. The Morgan fingerprint density at radius 1 is 1.03 bits per heavy atom. The van der Waals surface area contributed by atoms with Crippen molar-refractivity contribution in [3.63, 3.8) is 0 Å². The summed E-state index contributed by atoms with van der Waals surface area (Å²) in [6.45, 7) is 0.549. The molecule has 2 heterocycles. The number of carbonyl (C=O) groups excluding carboxylic acids is 1. The fourth-order valence-corrected chi connectivity index (χ4v) is 5.57. The van der Waals surface area contributed by atoms with Gasteiger partial charge in [-0.2, -0.15) is 0 Å². The number of rotatable bonds is 7. The van der Waals surface area contributed by atoms with Crippen LogP contribution in [-0.2, 0) is 11.2 Å². The first kappa shape index (κ1) is 22.8. The van der Waals surface area contributed by atoms with Gasteiger partial charge < -0.3 is 15.2 Å². The number of fused-ring (bicyclic) bond motifs is 1. The van der Waals surface area contributed by atoms with Gasteiger partial charge in [-0.15, -0.1) is 11.3 Å². The number of carbonyl (C=O) groups is 2. The normalized spacial score (nSPS) is 14.8. The zero-order valence-corrected chi connectivity index (χ0v) is 19.5. The Balaban J connectivity index is 1.42. The van der Waals surface area contributed by atoms with Crippen LogP contribution in [0.4, 0.5) is 10.1 Å². The Bertz CT molecular complexity index is 1360. The number of amides is 1. The van der Waals surface area contributed by atoms with Crippen molar-refractivity contribution >= 4 is 28.9 Å². The highest BCUT2D eigenvalue weighted by Gasteiger charge is 2.34. The van der Waals surface area contributed by atoms with E-state index in [2.05, 4.69) is 17.4 Å². The largest absolute Gasteiger partial charge is 0.493 e. The predicted octanol–water partition coefficient (Wildman–Crippen LogP) is 6.35. The number of nitrogens with one attached hydrogen (secondary N) is 1. The molecule has 176 valence electrons. The van der Waals surface area contributed by atoms with Crippen LogP contribution in [0.2, 0.25) is 0 Å². The van der Waals surface area contributed by atoms with Gasteiger partial charge in [0.1, 0.15) is 16.4 Å². The van der Waals surface area contributed by atoms with Crippen molar-refractivity contribution in [2.24, 2.45) is 0 Å². The Kier molecular flexibility index (Phi) is 6.33. The van der Waals surface area contributed by atoms with Gasteiger partial charge in [0.25, 0.3) is 0 Å². The highest BCUT2D eigenvalue weighted by molar-refractivity contribution is 7.15. The van der Waals surface area contributed by atoms with Gasteiger partial charge in [0, 0.05) is 29.2 Å². The van der Waals surface area contributed by atoms with E-state index in [4.69, 9.17) is 4.74 Å². The highest BCUT2D eigenvalue weighted by Crippen LogP contribution is 2.49. The highest BCUT2D eigenvalue weighted by atomic mass is 32.1. The van der Waals surface area contributed by atoms with E-state index in [1.165, 1.54) is 29.8 Å². The fourth-order valence-electron chi connectivity index (χ4n) is 4.33. The summed E-state index contributed by atoms with van der Waals surface area (Å²) in [6.07, 6.45) is 1.01. The minimum absolute atomic E-state index is 0.120. The van der Waals surface area contributed by atoms with E-state index in [0.717, 1.165) is 33.9 Å². The van der Waals surface area contributed by atoms with Crippen LogP contribution in [0.25, 0.3) is 11.1 Å². The molecule has 0 saturated heterocycles. The summed E-state index contributed by atoms with van der Waals surface area (Å²) in [5, 5.41) is 12.7. The average molecular weight is 488 g/mol. The number of aromatic carboxylic acids is 1. The van der Waals surface area contributed by atoms with E-state index in [1.807, 2.05) is 42.5 Å². The zero-order valence-electron chi connectivity index (χ0n) is 18.7. The second-order valence-corrected chi connectivity index (χ2v) is 9.37. The van der Waals surface area contributed by atoms with Crippen LogP contribution in [0.3, 0.4) is 0 Å². The number of thiophene rings is 1. The predicted molar refractivity (Wildman–Crippen MR) is 134 cm³/mol. The molecule has 5 nitrogen and oxygen atoms in total. The molecule has 0 radical (unpaired) electrons. The molecular weight excluding hydrogens is 465 g/mol. The summed E-state index contributed by atoms with van der Waals surface area (Å²) in [6, 6.07) is 23.3. The first-order chi connectivity index (χ1) is 17.0. The Hall–Kier alpha value is -3.97. The van der Waals surface area contributed by atoms with E-state index in [-0.39, 0.29) is 23.1 Å². The van der Waals surface area contributed by atoms with Gasteiger partial charge in [-0.25, -0.2) is 9.18 Å². The van der Waals surface area contributed by atoms with E-state index in [0.29, 0.717) is 23.4 Å². The van der Waals surface area contributed by atoms with Crippen molar-refractivity contribution in [2.45, 2.75) is 18.8 Å². The fraction of sp³-hybridized carbons (Fsp3) is 0.143. The van der Waals surface area contributed by atoms with Gasteiger partial charge in [0.15, 0.2) is 0 Å². The number of carboxylic acid groups (broad SMARTS) is 1. The van der Waals surface area contributed by atoms with Crippen LogP contribution in [0.15, 0.2) is 78.9 Å². The lowest BCUT2D eigenvalue weighted by Gasteiger charge is -2.24. The van der Waals surface area contributed by atoms with Crippen LogP contribution in [0.1, 0.15) is 38.0 Å². The van der Waals surface area contributed by atoms with Crippen molar-refractivity contribution in [1.82, 2.24) is 0 Å². The molecule has 0 bridgehead atoms. The number of anilines is 1. The molecule has 1 atom stereocenters. The minimum Gasteiger partial charge on any atom is -0.493 e. The van der Waals surface area contributed by atoms with Gasteiger partial charge in [-0.1, -0.05) is 54.6 Å². The van der Waals surface area contributed by atoms with E-state index < -0.39 is 11.8 Å². The molecule has 1 aliphatic heterocycles. The molecule has 5 rings (SSSR count). The summed E-state index contributed by atoms with van der Waals surface area (Å²) in [5.74, 6) is -1.24. The van der Waals surface area contributed by atoms with Crippen LogP contribution < -0.4 is 10.1 Å². The maximum atomic E-state index is 13.5. The zero-order chi connectivity index (χ0) is 24.4. The summed E-state index contributed by atoms with van der Waals surface area (Å²) < 4.78 is 19.4. The standard InChI is InChI=1S/C28H22FNO4S/c29-20-10-6-19(7-11-20)24-25-26(35-27(24)28(32)33)22(16-23(31)30-25)18-8-12-21(13-9-18)34-15-14-17-4-2-1-3-5-17/h1-13,22H,14-16H2,(H,30,31)(H,32,33). The quantitative estimate of drug-likeness (QED) is 0.319. The lowest BCUT2D eigenvalue weighted by atomic mass is 9.88. The molecule has 0 aliphatic carbocycles. The minimum atomic E-state index is -1.08. The molecule has 1 aromatic heterocycles. The molecule has 0 spiro atoms. The first-order valence-corrected chi connectivity index (χ1v) is 12.0. The Morgan fingerprint density at radius 2 is 1.74 bits per heavy atom. The second-order valence-electron chi connectivity index (χ2n) is 8.32. The van der Waals surface area contributed by atoms with Crippen molar-refractivity contribution in [1.29, 1.82) is 0 Å². The maximum Gasteiger partial charge on any atom is 0.346 e. The first-order valence-electron chi connectivity index (χ1n) is 11.2. The van der Waals surface area contributed by atoms with E-state index in [1.54, 1.807) is 0 Å². The molecule has 7 heteroatoms. The van der Waals surface area contributed by atoms with Crippen molar-refractivity contribution in [3.8, 4) is 16.9 Å². The van der Waals surface area contributed by atoms with Gasteiger partial charge in [0.2, 0.25) is 5.91 Å². The Labute approximate surface area is 205 Å². The Morgan fingerprint density at radius 3 is 2.43 bits per heavy atom. The third kappa shape index (κ3) is 4.81. The third-order valence-corrected chi connectivity index (χ3v) is 7.31. The summed E-state index contributed by atoms with van der Waals surface area (Å²) in [4.78, 5) is 25.6. The summed E-state index contributed by atoms with van der Waals surface area (Å²) in [5.41, 5.74) is 3.55. The number of carboxylic acids is 1. The molecule has 0 fully saturated rings. The van der Waals surface area contributed by atoms with E-state index >= 15 is 0 Å². The lowest BCUT2D eigenvalue weighted by Crippen LogP contribution is -2.22. The van der Waals surface area contributed by atoms with E-state index in [9.17, 15) is 19.1 Å². The topological polar surface area (TPSA) is 75.6 Å². The molecular formula is C28H22FNO4S. The van der Waals surface area contributed by atoms with Gasteiger partial charge >= 0.3 is 5.97 Å². The number of hydrogen-bond donors (Lipinski definition) is 2. The van der Waals surface area contributed by atoms with Crippen LogP contribution in [0, 0.1) is 5.82 Å². The molecule has 3 aromatic carbocycles. The summed E-state index contributed by atoms with van der Waals surface area (Å²) >= 11 is 1.15. The lowest BCUT2D eigenvalue weighted by molar-refractivity contribution is -0.116. The second kappa shape index (κ2) is 9.72. The SMILES string of the molecule is O=C1CC(c2ccc(OCCc3ccccc3)cc2)c2sc(C(=O)O)c(-c3ccc(F)cc3)c2N1. The average Bonchev–Trinajstić information content (AvgIpc) is 3.25.